The first kappa shape index (κ1) is 14.5. The average Bonchev–Trinajstić information content (AvgIpc) is 3.12. The van der Waals surface area contributed by atoms with E-state index in [1.54, 1.807) is 0 Å². The number of hydrogen-bond donors (Lipinski definition) is 1. The maximum absolute atomic E-state index is 11.9. The van der Waals surface area contributed by atoms with Crippen LogP contribution in [0.2, 0.25) is 0 Å². The van der Waals surface area contributed by atoms with Crippen molar-refractivity contribution in [3.63, 3.8) is 0 Å². The smallest absolute Gasteiger partial charge is 0.222 e. The molecule has 0 saturated carbocycles. The number of nitrogens with zero attached hydrogens (tertiary/aromatic N) is 4. The summed E-state index contributed by atoms with van der Waals surface area (Å²) in [6, 6.07) is 5.66. The third-order valence-corrected chi connectivity index (χ3v) is 3.83. The van der Waals surface area contributed by atoms with Crippen molar-refractivity contribution in [1.29, 1.82) is 0 Å². The van der Waals surface area contributed by atoms with Crippen molar-refractivity contribution >= 4 is 17.5 Å². The lowest BCUT2D eigenvalue weighted by Gasteiger charge is -2.14. The Balaban J connectivity index is 1.43. The first-order valence-corrected chi connectivity index (χ1v) is 7.57. The first-order valence-electron chi connectivity index (χ1n) is 7.57. The van der Waals surface area contributed by atoms with Crippen molar-refractivity contribution in [3.05, 3.63) is 30.2 Å². The van der Waals surface area contributed by atoms with Gasteiger partial charge < -0.3 is 10.2 Å². The lowest BCUT2D eigenvalue weighted by Crippen LogP contribution is -2.28. The molecule has 0 radical (unpaired) electrons. The summed E-state index contributed by atoms with van der Waals surface area (Å²) in [5.41, 5.74) is 0.763. The highest BCUT2D eigenvalue weighted by molar-refractivity contribution is 5.78. The summed E-state index contributed by atoms with van der Waals surface area (Å²) in [5, 5.41) is 11.0. The molecule has 0 spiro atoms. The number of nitrogens with one attached hydrogen (secondary N) is 1. The zero-order valence-corrected chi connectivity index (χ0v) is 12.4. The van der Waals surface area contributed by atoms with E-state index in [1.165, 1.54) is 0 Å². The molecule has 0 unspecified atom stereocenters. The van der Waals surface area contributed by atoms with Gasteiger partial charge in [-0.2, -0.15) is 0 Å². The van der Waals surface area contributed by atoms with Gasteiger partial charge in [0.1, 0.15) is 0 Å². The monoisotopic (exact) mass is 301 g/mol. The van der Waals surface area contributed by atoms with Crippen LogP contribution in [0.1, 0.15) is 31.5 Å². The number of pyridine rings is 1. The number of fused-ring (bicyclic) bond motifs is 1. The summed E-state index contributed by atoms with van der Waals surface area (Å²) in [6.45, 7) is 1.85. The van der Waals surface area contributed by atoms with Gasteiger partial charge in [-0.25, -0.2) is 0 Å². The Morgan fingerprint density at radius 2 is 2.23 bits per heavy atom. The fourth-order valence-corrected chi connectivity index (χ4v) is 2.65. The van der Waals surface area contributed by atoms with Crippen molar-refractivity contribution in [3.8, 4) is 0 Å². The van der Waals surface area contributed by atoms with Gasteiger partial charge in [0.25, 0.3) is 0 Å². The molecule has 1 saturated heterocycles. The molecule has 1 aliphatic rings. The molecule has 7 nitrogen and oxygen atoms in total. The summed E-state index contributed by atoms with van der Waals surface area (Å²) < 4.78 is 1.85. The van der Waals surface area contributed by atoms with Crippen LogP contribution in [0.3, 0.4) is 0 Å². The van der Waals surface area contributed by atoms with Crippen molar-refractivity contribution in [1.82, 2.24) is 24.8 Å². The summed E-state index contributed by atoms with van der Waals surface area (Å²) in [5.74, 6) is 0.883. The molecule has 2 aromatic heterocycles. The second kappa shape index (κ2) is 6.55. The van der Waals surface area contributed by atoms with Crippen LogP contribution in [0.15, 0.2) is 24.4 Å². The minimum Gasteiger partial charge on any atom is -0.349 e. The minimum atomic E-state index is -0.0284. The largest absolute Gasteiger partial charge is 0.349 e. The highest BCUT2D eigenvalue weighted by Crippen LogP contribution is 2.10. The number of rotatable bonds is 6. The molecular weight excluding hydrogens is 282 g/mol. The Morgan fingerprint density at radius 1 is 1.32 bits per heavy atom. The Bertz CT molecular complexity index is 681. The van der Waals surface area contributed by atoms with E-state index < -0.39 is 0 Å². The Morgan fingerprint density at radius 3 is 3.05 bits per heavy atom. The molecular formula is C15H19N5O2. The van der Waals surface area contributed by atoms with Gasteiger partial charge in [0.05, 0.1) is 6.54 Å². The third-order valence-electron chi connectivity index (χ3n) is 3.83. The van der Waals surface area contributed by atoms with Crippen LogP contribution in [0.4, 0.5) is 0 Å². The van der Waals surface area contributed by atoms with Crippen molar-refractivity contribution < 1.29 is 9.59 Å². The Kier molecular flexibility index (Phi) is 4.32. The van der Waals surface area contributed by atoms with Crippen molar-refractivity contribution in [2.45, 2.75) is 32.2 Å². The van der Waals surface area contributed by atoms with E-state index in [4.69, 9.17) is 0 Å². The SMILES string of the molecule is O=C(CCCN1CCCC1=O)NCc1nnc2ccccn12. The van der Waals surface area contributed by atoms with E-state index >= 15 is 0 Å². The van der Waals surface area contributed by atoms with E-state index in [1.807, 2.05) is 33.7 Å². The summed E-state index contributed by atoms with van der Waals surface area (Å²) in [7, 11) is 0. The predicted octanol–water partition coefficient (Wildman–Crippen LogP) is 0.748. The van der Waals surface area contributed by atoms with Gasteiger partial charge in [0.2, 0.25) is 11.8 Å². The number of carbonyl (C=O) groups excluding carboxylic acids is 2. The normalized spacial score (nSPS) is 14.7. The van der Waals surface area contributed by atoms with Gasteiger partial charge in [-0.05, 0) is 25.0 Å². The molecule has 2 aromatic rings. The second-order valence-electron chi connectivity index (χ2n) is 5.41. The predicted molar refractivity (Wildman–Crippen MR) is 79.9 cm³/mol. The van der Waals surface area contributed by atoms with Crippen LogP contribution in [-0.4, -0.2) is 44.4 Å². The molecule has 0 atom stereocenters. The number of carbonyl (C=O) groups is 2. The van der Waals surface area contributed by atoms with Gasteiger partial charge in [0, 0.05) is 32.1 Å². The highest BCUT2D eigenvalue weighted by atomic mass is 16.2. The van der Waals surface area contributed by atoms with Gasteiger partial charge >= 0.3 is 0 Å². The van der Waals surface area contributed by atoms with Crippen molar-refractivity contribution in [2.24, 2.45) is 0 Å². The molecule has 0 aliphatic carbocycles. The molecule has 1 N–H and O–H groups in total. The Labute approximate surface area is 128 Å². The fraction of sp³-hybridized carbons (Fsp3) is 0.467. The van der Waals surface area contributed by atoms with Crippen molar-refractivity contribution in [2.75, 3.05) is 13.1 Å². The summed E-state index contributed by atoms with van der Waals surface area (Å²) in [4.78, 5) is 25.2. The molecule has 7 heteroatoms. The zero-order chi connectivity index (χ0) is 15.4. The molecule has 0 aromatic carbocycles. The van der Waals surface area contributed by atoms with E-state index in [9.17, 15) is 9.59 Å². The summed E-state index contributed by atoms with van der Waals surface area (Å²) in [6.07, 6.45) is 4.56. The van der Waals surface area contributed by atoms with E-state index in [2.05, 4.69) is 15.5 Å². The molecule has 3 heterocycles. The van der Waals surface area contributed by atoms with E-state index in [0.717, 1.165) is 18.6 Å². The van der Waals surface area contributed by atoms with E-state index in [-0.39, 0.29) is 11.8 Å². The van der Waals surface area contributed by atoms with Gasteiger partial charge in [-0.3, -0.25) is 14.0 Å². The van der Waals surface area contributed by atoms with Crippen LogP contribution in [0.25, 0.3) is 5.65 Å². The number of likely N-dealkylation sites (tertiary alicyclic amines) is 1. The number of aromatic nitrogens is 3. The number of amides is 2. The van der Waals surface area contributed by atoms with Crippen LogP contribution >= 0.6 is 0 Å². The first-order chi connectivity index (χ1) is 10.7. The molecule has 2 amide bonds. The highest BCUT2D eigenvalue weighted by Gasteiger charge is 2.19. The maximum atomic E-state index is 11.9. The third kappa shape index (κ3) is 3.24. The maximum Gasteiger partial charge on any atom is 0.222 e. The quantitative estimate of drug-likeness (QED) is 0.854. The molecule has 3 rings (SSSR count). The fourth-order valence-electron chi connectivity index (χ4n) is 2.65. The molecule has 1 fully saturated rings. The Hall–Kier alpha value is -2.44. The van der Waals surface area contributed by atoms with Gasteiger partial charge in [-0.1, -0.05) is 6.07 Å². The van der Waals surface area contributed by atoms with E-state index in [0.29, 0.717) is 38.2 Å². The van der Waals surface area contributed by atoms with Crippen LogP contribution in [0, 0.1) is 0 Å². The second-order valence-corrected chi connectivity index (χ2v) is 5.41. The molecule has 116 valence electrons. The van der Waals surface area contributed by atoms with Crippen LogP contribution < -0.4 is 5.32 Å². The van der Waals surface area contributed by atoms with Gasteiger partial charge in [0.15, 0.2) is 11.5 Å². The number of hydrogen-bond acceptors (Lipinski definition) is 4. The van der Waals surface area contributed by atoms with Crippen LogP contribution in [0.5, 0.6) is 0 Å². The standard InChI is InChI=1S/C15H19N5O2/c21-14(6-3-8-19-9-4-7-15(19)22)16-11-13-18-17-12-5-1-2-10-20(12)13/h1-2,5,10H,3-4,6-9,11H2,(H,16,21). The molecule has 0 bridgehead atoms. The lowest BCUT2D eigenvalue weighted by molar-refractivity contribution is -0.128. The molecule has 1 aliphatic heterocycles. The molecule has 22 heavy (non-hydrogen) atoms. The lowest BCUT2D eigenvalue weighted by atomic mass is 10.3. The van der Waals surface area contributed by atoms with Gasteiger partial charge in [-0.15, -0.1) is 10.2 Å². The average molecular weight is 301 g/mol. The summed E-state index contributed by atoms with van der Waals surface area (Å²) >= 11 is 0. The minimum absolute atomic E-state index is 0.0284. The zero-order valence-electron chi connectivity index (χ0n) is 12.4. The topological polar surface area (TPSA) is 79.6 Å². The van der Waals surface area contributed by atoms with Crippen LogP contribution in [-0.2, 0) is 16.1 Å².